The topological polar surface area (TPSA) is 45.2 Å². The van der Waals surface area contributed by atoms with Gasteiger partial charge >= 0.3 is 0 Å². The van der Waals surface area contributed by atoms with Crippen molar-refractivity contribution in [3.63, 3.8) is 0 Å². The molecule has 0 atom stereocenters. The zero-order valence-corrected chi connectivity index (χ0v) is 9.88. The number of likely N-dealkylation sites (N-methyl/N-ethyl adjacent to an activating group) is 2. The van der Waals surface area contributed by atoms with Crippen molar-refractivity contribution in [3.05, 3.63) is 28.8 Å². The molecule has 0 radical (unpaired) electrons. The smallest absolute Gasteiger partial charge is 0.256 e. The molecule has 4 nitrogen and oxygen atoms in total. The van der Waals surface area contributed by atoms with Gasteiger partial charge in [0.25, 0.3) is 5.91 Å². The van der Waals surface area contributed by atoms with Crippen LogP contribution >= 0.6 is 11.6 Å². The molecule has 1 rings (SSSR count). The van der Waals surface area contributed by atoms with Crippen LogP contribution in [-0.4, -0.2) is 43.0 Å². The Kier molecular flexibility index (Phi) is 4.64. The Labute approximate surface area is 98.4 Å². The van der Waals surface area contributed by atoms with Gasteiger partial charge in [-0.25, -0.2) is 9.37 Å². The molecule has 88 valence electrons. The number of pyridine rings is 1. The first kappa shape index (κ1) is 12.9. The van der Waals surface area contributed by atoms with Gasteiger partial charge in [0.15, 0.2) is 0 Å². The second-order valence-corrected chi connectivity index (χ2v) is 3.68. The summed E-state index contributed by atoms with van der Waals surface area (Å²) in [6.45, 7) is 1.17. The molecule has 0 saturated carbocycles. The molecule has 0 aliphatic heterocycles. The number of amides is 1. The van der Waals surface area contributed by atoms with E-state index in [-0.39, 0.29) is 16.6 Å². The Hall–Kier alpha value is -1.20. The van der Waals surface area contributed by atoms with E-state index in [1.807, 2.05) is 0 Å². The summed E-state index contributed by atoms with van der Waals surface area (Å²) in [5, 5.41) is 2.93. The van der Waals surface area contributed by atoms with Crippen LogP contribution < -0.4 is 5.32 Å². The number of hydrogen-bond acceptors (Lipinski definition) is 3. The standard InChI is InChI=1S/C10H13ClFN3O/c1-13-3-4-15(2)10(16)8-5-7(12)6-14-9(8)11/h5-6,13H,3-4H2,1-2H3. The van der Waals surface area contributed by atoms with E-state index in [4.69, 9.17) is 11.6 Å². The van der Waals surface area contributed by atoms with E-state index in [2.05, 4.69) is 10.3 Å². The summed E-state index contributed by atoms with van der Waals surface area (Å²) in [7, 11) is 3.41. The van der Waals surface area contributed by atoms with E-state index in [0.717, 1.165) is 12.3 Å². The van der Waals surface area contributed by atoms with Gasteiger partial charge in [0.2, 0.25) is 0 Å². The van der Waals surface area contributed by atoms with Gasteiger partial charge < -0.3 is 10.2 Å². The lowest BCUT2D eigenvalue weighted by atomic mass is 10.2. The summed E-state index contributed by atoms with van der Waals surface area (Å²) in [6.07, 6.45) is 0.979. The molecule has 0 aliphatic rings. The molecule has 0 unspecified atom stereocenters. The van der Waals surface area contributed by atoms with Crippen molar-refractivity contribution >= 4 is 17.5 Å². The van der Waals surface area contributed by atoms with Gasteiger partial charge in [-0.3, -0.25) is 4.79 Å². The van der Waals surface area contributed by atoms with Crippen molar-refractivity contribution < 1.29 is 9.18 Å². The van der Waals surface area contributed by atoms with Crippen molar-refractivity contribution in [2.45, 2.75) is 0 Å². The zero-order valence-electron chi connectivity index (χ0n) is 9.13. The zero-order chi connectivity index (χ0) is 12.1. The molecule has 0 fully saturated rings. The normalized spacial score (nSPS) is 10.2. The van der Waals surface area contributed by atoms with E-state index in [9.17, 15) is 9.18 Å². The van der Waals surface area contributed by atoms with Crippen LogP contribution in [0.5, 0.6) is 0 Å². The second kappa shape index (κ2) is 5.77. The quantitative estimate of drug-likeness (QED) is 0.810. The first-order chi connectivity index (χ1) is 7.56. The van der Waals surface area contributed by atoms with Gasteiger partial charge in [-0.15, -0.1) is 0 Å². The third kappa shape index (κ3) is 3.15. The largest absolute Gasteiger partial charge is 0.340 e. The summed E-state index contributed by atoms with van der Waals surface area (Å²) < 4.78 is 12.9. The second-order valence-electron chi connectivity index (χ2n) is 3.32. The van der Waals surface area contributed by atoms with E-state index in [1.54, 1.807) is 14.1 Å². The number of carbonyl (C=O) groups excluding carboxylic acids is 1. The maximum atomic E-state index is 12.9. The van der Waals surface area contributed by atoms with Crippen LogP contribution in [-0.2, 0) is 0 Å². The Morgan fingerprint density at radius 1 is 1.69 bits per heavy atom. The lowest BCUT2D eigenvalue weighted by Crippen LogP contribution is -2.33. The molecule has 0 aliphatic carbocycles. The molecule has 1 aromatic rings. The number of halogens is 2. The summed E-state index contributed by atoms with van der Waals surface area (Å²) >= 11 is 5.73. The molecular formula is C10H13ClFN3O. The molecule has 0 aromatic carbocycles. The highest BCUT2D eigenvalue weighted by Crippen LogP contribution is 2.15. The highest BCUT2D eigenvalue weighted by molar-refractivity contribution is 6.32. The third-order valence-corrected chi connectivity index (χ3v) is 2.38. The van der Waals surface area contributed by atoms with Gasteiger partial charge in [0, 0.05) is 20.1 Å². The number of hydrogen-bond donors (Lipinski definition) is 1. The minimum atomic E-state index is -0.574. The molecule has 16 heavy (non-hydrogen) atoms. The molecule has 0 bridgehead atoms. The predicted molar refractivity (Wildman–Crippen MR) is 60.1 cm³/mol. The van der Waals surface area contributed by atoms with Crippen molar-refractivity contribution in [2.75, 3.05) is 27.2 Å². The maximum absolute atomic E-state index is 12.9. The van der Waals surface area contributed by atoms with Crippen molar-refractivity contribution in [3.8, 4) is 0 Å². The SMILES string of the molecule is CNCCN(C)C(=O)c1cc(F)cnc1Cl. The van der Waals surface area contributed by atoms with Crippen LogP contribution in [0, 0.1) is 5.82 Å². The van der Waals surface area contributed by atoms with Crippen LogP contribution in [0.1, 0.15) is 10.4 Å². The highest BCUT2D eigenvalue weighted by atomic mass is 35.5. The van der Waals surface area contributed by atoms with Gasteiger partial charge in [0.1, 0.15) is 11.0 Å². The molecule has 6 heteroatoms. The minimum Gasteiger partial charge on any atom is -0.340 e. The average molecular weight is 246 g/mol. The van der Waals surface area contributed by atoms with Crippen LogP contribution in [0.2, 0.25) is 5.15 Å². The fraction of sp³-hybridized carbons (Fsp3) is 0.400. The van der Waals surface area contributed by atoms with E-state index >= 15 is 0 Å². The van der Waals surface area contributed by atoms with Gasteiger partial charge in [-0.2, -0.15) is 0 Å². The Balaban J connectivity index is 2.83. The van der Waals surface area contributed by atoms with Gasteiger partial charge in [-0.05, 0) is 13.1 Å². The summed E-state index contributed by atoms with van der Waals surface area (Å²) in [4.78, 5) is 16.9. The summed E-state index contributed by atoms with van der Waals surface area (Å²) in [5.41, 5.74) is 0.0836. The fourth-order valence-corrected chi connectivity index (χ4v) is 1.34. The lowest BCUT2D eigenvalue weighted by Gasteiger charge is -2.17. The number of nitrogens with one attached hydrogen (secondary N) is 1. The highest BCUT2D eigenvalue weighted by Gasteiger charge is 2.16. The molecule has 1 N–H and O–H groups in total. The molecule has 0 saturated heterocycles. The van der Waals surface area contributed by atoms with Crippen LogP contribution in [0.25, 0.3) is 0 Å². The van der Waals surface area contributed by atoms with E-state index in [1.165, 1.54) is 4.90 Å². The first-order valence-electron chi connectivity index (χ1n) is 4.77. The Morgan fingerprint density at radius 3 is 3.00 bits per heavy atom. The minimum absolute atomic E-state index is 0.0164. The first-order valence-corrected chi connectivity index (χ1v) is 5.15. The van der Waals surface area contributed by atoms with Crippen molar-refractivity contribution in [1.29, 1.82) is 0 Å². The summed E-state index contributed by atoms with van der Waals surface area (Å²) in [5.74, 6) is -0.915. The summed E-state index contributed by atoms with van der Waals surface area (Å²) in [6, 6.07) is 1.09. The van der Waals surface area contributed by atoms with E-state index < -0.39 is 5.82 Å². The average Bonchev–Trinajstić information content (AvgIpc) is 2.28. The lowest BCUT2D eigenvalue weighted by molar-refractivity contribution is 0.0796. The predicted octanol–water partition coefficient (Wildman–Crippen LogP) is 1.17. The van der Waals surface area contributed by atoms with E-state index in [0.29, 0.717) is 13.1 Å². The number of nitrogens with zero attached hydrogens (tertiary/aromatic N) is 2. The number of rotatable bonds is 4. The van der Waals surface area contributed by atoms with Crippen molar-refractivity contribution in [2.24, 2.45) is 0 Å². The monoisotopic (exact) mass is 245 g/mol. The fourth-order valence-electron chi connectivity index (χ4n) is 1.16. The van der Waals surface area contributed by atoms with Crippen LogP contribution in [0.15, 0.2) is 12.3 Å². The van der Waals surface area contributed by atoms with Crippen LogP contribution in [0.3, 0.4) is 0 Å². The molecule has 0 spiro atoms. The van der Waals surface area contributed by atoms with Gasteiger partial charge in [0.05, 0.1) is 11.8 Å². The number of aromatic nitrogens is 1. The molecular weight excluding hydrogens is 233 g/mol. The molecule has 1 amide bonds. The number of carbonyl (C=O) groups is 1. The third-order valence-electron chi connectivity index (χ3n) is 2.08. The molecule has 1 heterocycles. The Bertz CT molecular complexity index is 386. The van der Waals surface area contributed by atoms with Crippen LogP contribution in [0.4, 0.5) is 4.39 Å². The maximum Gasteiger partial charge on any atom is 0.256 e. The Morgan fingerprint density at radius 2 is 2.38 bits per heavy atom. The van der Waals surface area contributed by atoms with Gasteiger partial charge in [-0.1, -0.05) is 11.6 Å². The molecule has 1 aromatic heterocycles. The van der Waals surface area contributed by atoms with Crippen molar-refractivity contribution in [1.82, 2.24) is 15.2 Å².